The predicted molar refractivity (Wildman–Crippen MR) is 80.0 cm³/mol. The second-order valence-electron chi connectivity index (χ2n) is 5.55. The Hall–Kier alpha value is -2.36. The van der Waals surface area contributed by atoms with E-state index in [9.17, 15) is 4.79 Å². The van der Waals surface area contributed by atoms with E-state index in [-0.39, 0.29) is 0 Å². The Balaban J connectivity index is 1.62. The van der Waals surface area contributed by atoms with Crippen molar-refractivity contribution in [3.63, 3.8) is 0 Å². The van der Waals surface area contributed by atoms with Crippen LogP contribution in [0.25, 0.3) is 0 Å². The summed E-state index contributed by atoms with van der Waals surface area (Å²) in [6, 6.07) is 12.2. The maximum absolute atomic E-state index is 11.3. The number of para-hydroxylation sites is 1. The molecule has 4 rings (SSSR count). The Morgan fingerprint density at radius 3 is 2.67 bits per heavy atom. The van der Waals surface area contributed by atoms with Crippen LogP contribution in [0.2, 0.25) is 0 Å². The molecule has 0 radical (unpaired) electrons. The molecule has 4 nitrogen and oxygen atoms in total. The molecule has 4 heteroatoms. The maximum atomic E-state index is 11.3. The molecule has 21 heavy (non-hydrogen) atoms. The van der Waals surface area contributed by atoms with Crippen molar-refractivity contribution in [3.8, 4) is 11.6 Å². The first-order valence-electron chi connectivity index (χ1n) is 7.32. The van der Waals surface area contributed by atoms with Crippen LogP contribution in [0, 0.1) is 0 Å². The molecule has 1 aromatic carbocycles. The Morgan fingerprint density at radius 2 is 1.81 bits per heavy atom. The van der Waals surface area contributed by atoms with Gasteiger partial charge in [0.1, 0.15) is 17.4 Å². The van der Waals surface area contributed by atoms with E-state index in [0.717, 1.165) is 36.6 Å². The number of rotatable bonds is 1. The standard InChI is InChI=1S/C17H16N2O2/c20-14-7-9-19(10-8-14)16-6-5-13-11-12-3-1-2-4-15(12)21-17(13)18-16/h1-6H,7-11H2. The maximum Gasteiger partial charge on any atom is 0.224 e. The summed E-state index contributed by atoms with van der Waals surface area (Å²) >= 11 is 0. The summed E-state index contributed by atoms with van der Waals surface area (Å²) in [6.07, 6.45) is 2.09. The number of nitrogens with zero attached hydrogens (tertiary/aromatic N) is 2. The molecule has 2 aliphatic rings. The lowest BCUT2D eigenvalue weighted by Gasteiger charge is -2.28. The van der Waals surface area contributed by atoms with Crippen LogP contribution in [-0.4, -0.2) is 23.9 Å². The highest BCUT2D eigenvalue weighted by Crippen LogP contribution is 2.36. The molecular weight excluding hydrogens is 264 g/mol. The average Bonchev–Trinajstić information content (AvgIpc) is 2.53. The van der Waals surface area contributed by atoms with Crippen molar-refractivity contribution in [3.05, 3.63) is 47.5 Å². The Labute approximate surface area is 123 Å². The van der Waals surface area contributed by atoms with Gasteiger partial charge in [0.15, 0.2) is 0 Å². The Kier molecular flexibility index (Phi) is 2.88. The van der Waals surface area contributed by atoms with Crippen molar-refractivity contribution >= 4 is 11.6 Å². The predicted octanol–water partition coefficient (Wildman–Crippen LogP) is 2.95. The number of hydrogen-bond acceptors (Lipinski definition) is 4. The van der Waals surface area contributed by atoms with Gasteiger partial charge >= 0.3 is 0 Å². The van der Waals surface area contributed by atoms with Crippen LogP contribution in [0.1, 0.15) is 24.0 Å². The van der Waals surface area contributed by atoms with Crippen LogP contribution in [0.4, 0.5) is 5.82 Å². The third kappa shape index (κ3) is 2.27. The molecule has 2 aliphatic heterocycles. The zero-order valence-electron chi connectivity index (χ0n) is 11.7. The lowest BCUT2D eigenvalue weighted by molar-refractivity contribution is -0.119. The summed E-state index contributed by atoms with van der Waals surface area (Å²) in [5.41, 5.74) is 2.31. The summed E-state index contributed by atoms with van der Waals surface area (Å²) in [6.45, 7) is 1.50. The molecule has 1 fully saturated rings. The number of piperidine rings is 1. The number of Topliss-reactive ketones (excluding diaryl/α,β-unsaturated/α-hetero) is 1. The average molecular weight is 280 g/mol. The van der Waals surface area contributed by atoms with Crippen LogP contribution in [0.15, 0.2) is 36.4 Å². The summed E-state index contributed by atoms with van der Waals surface area (Å²) in [5.74, 6) is 2.83. The van der Waals surface area contributed by atoms with Gasteiger partial charge in [-0.25, -0.2) is 0 Å². The van der Waals surface area contributed by atoms with Crippen molar-refractivity contribution in [1.82, 2.24) is 4.98 Å². The summed E-state index contributed by atoms with van der Waals surface area (Å²) in [4.78, 5) is 18.1. The molecule has 3 heterocycles. The van der Waals surface area contributed by atoms with E-state index in [0.29, 0.717) is 24.5 Å². The largest absolute Gasteiger partial charge is 0.438 e. The molecule has 0 bridgehead atoms. The molecule has 2 aromatic rings. The van der Waals surface area contributed by atoms with Crippen molar-refractivity contribution in [2.24, 2.45) is 0 Å². The number of ether oxygens (including phenoxy) is 1. The van der Waals surface area contributed by atoms with Gasteiger partial charge in [-0.3, -0.25) is 4.79 Å². The number of anilines is 1. The highest BCUT2D eigenvalue weighted by atomic mass is 16.5. The van der Waals surface area contributed by atoms with E-state index < -0.39 is 0 Å². The molecule has 0 atom stereocenters. The van der Waals surface area contributed by atoms with Crippen LogP contribution >= 0.6 is 0 Å². The molecule has 0 spiro atoms. The van der Waals surface area contributed by atoms with Gasteiger partial charge in [-0.05, 0) is 23.8 Å². The number of fused-ring (bicyclic) bond motifs is 2. The number of carbonyl (C=O) groups is 1. The first kappa shape index (κ1) is 12.4. The van der Waals surface area contributed by atoms with Gasteiger partial charge in [0.2, 0.25) is 5.88 Å². The van der Waals surface area contributed by atoms with Gasteiger partial charge in [0.25, 0.3) is 0 Å². The minimum Gasteiger partial charge on any atom is -0.438 e. The Morgan fingerprint density at radius 1 is 1.00 bits per heavy atom. The van der Waals surface area contributed by atoms with Gasteiger partial charge in [-0.2, -0.15) is 4.98 Å². The van der Waals surface area contributed by atoms with E-state index in [1.54, 1.807) is 0 Å². The highest BCUT2D eigenvalue weighted by molar-refractivity contribution is 5.80. The van der Waals surface area contributed by atoms with Gasteiger partial charge < -0.3 is 9.64 Å². The fraction of sp³-hybridized carbons (Fsp3) is 0.294. The quantitative estimate of drug-likeness (QED) is 0.687. The van der Waals surface area contributed by atoms with Crippen molar-refractivity contribution in [2.45, 2.75) is 19.3 Å². The number of hydrogen-bond donors (Lipinski definition) is 0. The van der Waals surface area contributed by atoms with Crippen molar-refractivity contribution in [1.29, 1.82) is 0 Å². The third-order valence-corrected chi connectivity index (χ3v) is 4.13. The van der Waals surface area contributed by atoms with Gasteiger partial charge in [-0.1, -0.05) is 18.2 Å². The van der Waals surface area contributed by atoms with Gasteiger partial charge in [0.05, 0.1) is 0 Å². The topological polar surface area (TPSA) is 42.4 Å². The lowest BCUT2D eigenvalue weighted by Crippen LogP contribution is -2.34. The molecule has 1 aromatic heterocycles. The fourth-order valence-corrected chi connectivity index (χ4v) is 2.90. The lowest BCUT2D eigenvalue weighted by atomic mass is 10.0. The molecule has 0 unspecified atom stereocenters. The second kappa shape index (κ2) is 4.88. The molecule has 106 valence electrons. The Bertz CT molecular complexity index is 702. The summed E-state index contributed by atoms with van der Waals surface area (Å²) in [7, 11) is 0. The van der Waals surface area contributed by atoms with E-state index in [4.69, 9.17) is 4.74 Å². The van der Waals surface area contributed by atoms with E-state index >= 15 is 0 Å². The van der Waals surface area contributed by atoms with Crippen LogP contribution in [0.3, 0.4) is 0 Å². The van der Waals surface area contributed by atoms with E-state index in [2.05, 4.69) is 22.0 Å². The number of carbonyl (C=O) groups excluding carboxylic acids is 1. The first-order valence-corrected chi connectivity index (χ1v) is 7.32. The fourth-order valence-electron chi connectivity index (χ4n) is 2.90. The van der Waals surface area contributed by atoms with Crippen LogP contribution in [-0.2, 0) is 11.2 Å². The van der Waals surface area contributed by atoms with Crippen molar-refractivity contribution in [2.75, 3.05) is 18.0 Å². The zero-order valence-corrected chi connectivity index (χ0v) is 11.7. The third-order valence-electron chi connectivity index (χ3n) is 4.13. The van der Waals surface area contributed by atoms with Gasteiger partial charge in [-0.15, -0.1) is 0 Å². The minimum atomic E-state index is 0.342. The normalized spacial score (nSPS) is 17.0. The summed E-state index contributed by atoms with van der Waals surface area (Å²) < 4.78 is 5.93. The molecule has 0 N–H and O–H groups in total. The second-order valence-corrected chi connectivity index (χ2v) is 5.55. The monoisotopic (exact) mass is 280 g/mol. The highest BCUT2D eigenvalue weighted by Gasteiger charge is 2.21. The summed E-state index contributed by atoms with van der Waals surface area (Å²) in [5, 5.41) is 0. The molecule has 0 aliphatic carbocycles. The molecular formula is C17H16N2O2. The molecule has 0 saturated carbocycles. The van der Waals surface area contributed by atoms with Crippen LogP contribution < -0.4 is 9.64 Å². The minimum absolute atomic E-state index is 0.342. The number of pyridine rings is 1. The molecule has 0 amide bonds. The smallest absolute Gasteiger partial charge is 0.224 e. The zero-order chi connectivity index (χ0) is 14.2. The van der Waals surface area contributed by atoms with Crippen LogP contribution in [0.5, 0.6) is 11.6 Å². The first-order chi connectivity index (χ1) is 10.3. The number of aromatic nitrogens is 1. The number of ketones is 1. The van der Waals surface area contributed by atoms with Gasteiger partial charge in [0, 0.05) is 37.9 Å². The SMILES string of the molecule is O=C1CCN(c2ccc3c(n2)Oc2ccccc2C3)CC1. The van der Waals surface area contributed by atoms with E-state index in [1.807, 2.05) is 24.3 Å². The van der Waals surface area contributed by atoms with E-state index in [1.165, 1.54) is 5.56 Å². The van der Waals surface area contributed by atoms with Crippen molar-refractivity contribution < 1.29 is 9.53 Å². The number of benzene rings is 1. The molecule has 1 saturated heterocycles.